The van der Waals surface area contributed by atoms with Crippen LogP contribution >= 0.6 is 0 Å². The van der Waals surface area contributed by atoms with Crippen molar-refractivity contribution < 1.29 is 0 Å². The van der Waals surface area contributed by atoms with Crippen molar-refractivity contribution in [1.82, 2.24) is 19.6 Å². The highest BCUT2D eigenvalue weighted by Gasteiger charge is 2.14. The van der Waals surface area contributed by atoms with E-state index in [9.17, 15) is 0 Å². The van der Waals surface area contributed by atoms with Crippen LogP contribution in [0.5, 0.6) is 0 Å². The molecule has 0 aliphatic carbocycles. The molecule has 0 N–H and O–H groups in total. The van der Waals surface area contributed by atoms with Gasteiger partial charge in [-0.2, -0.15) is 0 Å². The van der Waals surface area contributed by atoms with Crippen LogP contribution in [0.3, 0.4) is 0 Å². The molecular weight excluding hydrogens is 236 g/mol. The molecule has 0 spiro atoms. The summed E-state index contributed by atoms with van der Waals surface area (Å²) in [4.78, 5) is 10.0. The predicted molar refractivity (Wildman–Crippen MR) is 81.4 cm³/mol. The highest BCUT2D eigenvalue weighted by molar-refractivity contribution is 4.77. The molecule has 2 aliphatic rings. The van der Waals surface area contributed by atoms with E-state index < -0.39 is 0 Å². The second-order valence-electron chi connectivity index (χ2n) is 6.18. The zero-order valence-electron chi connectivity index (χ0n) is 12.9. The fraction of sp³-hybridized carbons (Fsp3) is 0.933. The Balaban J connectivity index is 1.44. The van der Waals surface area contributed by atoms with Crippen LogP contribution in [-0.2, 0) is 0 Å². The van der Waals surface area contributed by atoms with Crippen LogP contribution in [0.25, 0.3) is 0 Å². The molecule has 0 unspecified atom stereocenters. The molecule has 2 aliphatic heterocycles. The molecule has 0 aromatic rings. The van der Waals surface area contributed by atoms with Crippen molar-refractivity contribution in [2.24, 2.45) is 0 Å². The Morgan fingerprint density at radius 3 is 1.84 bits per heavy atom. The zero-order valence-corrected chi connectivity index (χ0v) is 12.9. The molecule has 4 nitrogen and oxygen atoms in total. The molecule has 4 heteroatoms. The minimum absolute atomic E-state index is 1.19. The van der Waals surface area contributed by atoms with Crippen LogP contribution in [0.2, 0.25) is 0 Å². The van der Waals surface area contributed by atoms with Crippen molar-refractivity contribution in [2.75, 3.05) is 79.5 Å². The third-order valence-electron chi connectivity index (χ3n) is 4.46. The van der Waals surface area contributed by atoms with Crippen molar-refractivity contribution in [1.29, 1.82) is 0 Å². The van der Waals surface area contributed by atoms with Crippen molar-refractivity contribution in [3.05, 3.63) is 6.42 Å². The van der Waals surface area contributed by atoms with Crippen molar-refractivity contribution >= 4 is 0 Å². The highest BCUT2D eigenvalue weighted by Crippen LogP contribution is 2.05. The second-order valence-corrected chi connectivity index (χ2v) is 6.18. The van der Waals surface area contributed by atoms with Gasteiger partial charge in [-0.1, -0.05) is 0 Å². The van der Waals surface area contributed by atoms with E-state index in [1.54, 1.807) is 0 Å². The number of hydrogen-bond donors (Lipinski definition) is 0. The quantitative estimate of drug-likeness (QED) is 0.649. The van der Waals surface area contributed by atoms with Gasteiger partial charge in [0.05, 0.1) is 0 Å². The Kier molecular flexibility index (Phi) is 6.57. The monoisotopic (exact) mass is 267 g/mol. The van der Waals surface area contributed by atoms with Gasteiger partial charge in [-0.05, 0) is 39.9 Å². The van der Waals surface area contributed by atoms with Gasteiger partial charge in [0.1, 0.15) is 0 Å². The standard InChI is InChI=1S/C15H31N4/c1-16-8-12-18(13-9-16)6-4-3-5-7-19-14-10-17(2)11-15-19/h4H,3,5-15H2,1-2H3. The third-order valence-corrected chi connectivity index (χ3v) is 4.46. The number of likely N-dealkylation sites (N-methyl/N-ethyl adjacent to an activating group) is 2. The molecule has 1 radical (unpaired) electrons. The number of nitrogens with zero attached hydrogens (tertiary/aromatic N) is 4. The summed E-state index contributed by atoms with van der Waals surface area (Å²) in [6.07, 6.45) is 5.09. The SMILES string of the molecule is CN1CCN(C[CH]CCCN2CCN(C)CC2)CC1. The van der Waals surface area contributed by atoms with Crippen LogP contribution in [0.15, 0.2) is 0 Å². The minimum Gasteiger partial charge on any atom is -0.304 e. The van der Waals surface area contributed by atoms with Crippen LogP contribution < -0.4 is 0 Å². The smallest absolute Gasteiger partial charge is 0.0110 e. The predicted octanol–water partition coefficient (Wildman–Crippen LogP) is 0.466. The molecule has 0 aromatic heterocycles. The average molecular weight is 267 g/mol. The van der Waals surface area contributed by atoms with E-state index >= 15 is 0 Å². The van der Waals surface area contributed by atoms with Gasteiger partial charge < -0.3 is 19.6 Å². The molecule has 0 amide bonds. The molecule has 0 atom stereocenters. The lowest BCUT2D eigenvalue weighted by Gasteiger charge is -2.33. The van der Waals surface area contributed by atoms with Gasteiger partial charge in [0.15, 0.2) is 0 Å². The van der Waals surface area contributed by atoms with Gasteiger partial charge in [-0.25, -0.2) is 0 Å². The largest absolute Gasteiger partial charge is 0.304 e. The van der Waals surface area contributed by atoms with Crippen molar-refractivity contribution in [3.63, 3.8) is 0 Å². The Labute approximate surface area is 119 Å². The van der Waals surface area contributed by atoms with Gasteiger partial charge >= 0.3 is 0 Å². The van der Waals surface area contributed by atoms with Gasteiger partial charge in [-0.3, -0.25) is 0 Å². The van der Waals surface area contributed by atoms with Crippen LogP contribution in [0.4, 0.5) is 0 Å². The first-order valence-corrected chi connectivity index (χ1v) is 7.87. The summed E-state index contributed by atoms with van der Waals surface area (Å²) >= 11 is 0. The first-order chi connectivity index (χ1) is 9.24. The third kappa shape index (κ3) is 5.78. The molecule has 19 heavy (non-hydrogen) atoms. The Morgan fingerprint density at radius 2 is 1.26 bits per heavy atom. The lowest BCUT2D eigenvalue weighted by molar-refractivity contribution is 0.150. The summed E-state index contributed by atoms with van der Waals surface area (Å²) in [5.74, 6) is 0. The molecule has 2 saturated heterocycles. The van der Waals surface area contributed by atoms with E-state index in [4.69, 9.17) is 0 Å². The molecule has 2 rings (SSSR count). The molecular formula is C15H31N4. The molecule has 0 saturated carbocycles. The van der Waals surface area contributed by atoms with E-state index in [2.05, 4.69) is 40.1 Å². The van der Waals surface area contributed by atoms with Crippen molar-refractivity contribution in [3.8, 4) is 0 Å². The van der Waals surface area contributed by atoms with Crippen LogP contribution in [0, 0.1) is 6.42 Å². The number of piperazine rings is 2. The van der Waals surface area contributed by atoms with Gasteiger partial charge in [0.25, 0.3) is 0 Å². The molecule has 111 valence electrons. The van der Waals surface area contributed by atoms with Crippen molar-refractivity contribution in [2.45, 2.75) is 12.8 Å². The maximum absolute atomic E-state index is 2.61. The maximum Gasteiger partial charge on any atom is 0.0110 e. The number of unbranched alkanes of at least 4 members (excludes halogenated alkanes) is 2. The lowest BCUT2D eigenvalue weighted by Crippen LogP contribution is -2.45. The average Bonchev–Trinajstić information content (AvgIpc) is 2.43. The van der Waals surface area contributed by atoms with E-state index in [-0.39, 0.29) is 0 Å². The topological polar surface area (TPSA) is 13.0 Å². The van der Waals surface area contributed by atoms with Gasteiger partial charge in [0, 0.05) is 58.9 Å². The van der Waals surface area contributed by atoms with E-state index in [1.807, 2.05) is 0 Å². The summed E-state index contributed by atoms with van der Waals surface area (Å²) < 4.78 is 0. The summed E-state index contributed by atoms with van der Waals surface area (Å²) in [6, 6.07) is 0. The van der Waals surface area contributed by atoms with Crippen LogP contribution in [0.1, 0.15) is 12.8 Å². The highest BCUT2D eigenvalue weighted by atomic mass is 15.2. The summed E-state index contributed by atoms with van der Waals surface area (Å²) in [5, 5.41) is 0. The molecule has 2 heterocycles. The fourth-order valence-electron chi connectivity index (χ4n) is 2.84. The molecule has 2 fully saturated rings. The first kappa shape index (κ1) is 15.2. The Bertz CT molecular complexity index is 206. The maximum atomic E-state index is 2.61. The number of rotatable bonds is 6. The minimum atomic E-state index is 1.19. The normalized spacial score (nSPS) is 24.9. The van der Waals surface area contributed by atoms with E-state index in [0.29, 0.717) is 0 Å². The fourth-order valence-corrected chi connectivity index (χ4v) is 2.84. The van der Waals surface area contributed by atoms with Gasteiger partial charge in [-0.15, -0.1) is 0 Å². The summed E-state index contributed by atoms with van der Waals surface area (Å²) in [6.45, 7) is 12.4. The Morgan fingerprint density at radius 1 is 0.737 bits per heavy atom. The van der Waals surface area contributed by atoms with E-state index in [1.165, 1.54) is 78.3 Å². The molecule has 0 bridgehead atoms. The lowest BCUT2D eigenvalue weighted by atomic mass is 10.2. The molecule has 0 aromatic carbocycles. The summed E-state index contributed by atoms with van der Waals surface area (Å²) in [7, 11) is 4.44. The van der Waals surface area contributed by atoms with Gasteiger partial charge in [0.2, 0.25) is 0 Å². The summed E-state index contributed by atoms with van der Waals surface area (Å²) in [5.41, 5.74) is 0. The van der Waals surface area contributed by atoms with Crippen LogP contribution in [-0.4, -0.2) is 99.1 Å². The zero-order chi connectivity index (χ0) is 13.5. The van der Waals surface area contributed by atoms with E-state index in [0.717, 1.165) is 0 Å². The Hall–Kier alpha value is -0.160. The number of hydrogen-bond acceptors (Lipinski definition) is 4. The second kappa shape index (κ2) is 8.20. The first-order valence-electron chi connectivity index (χ1n) is 7.87.